The molecule has 0 saturated carbocycles. The molecule has 0 atom stereocenters. The highest BCUT2D eigenvalue weighted by molar-refractivity contribution is 5.77. The summed E-state index contributed by atoms with van der Waals surface area (Å²) in [4.78, 5) is 20.6. The highest BCUT2D eigenvalue weighted by Crippen LogP contribution is 2.40. The minimum atomic E-state index is 0.150. The van der Waals surface area contributed by atoms with Crippen molar-refractivity contribution in [3.63, 3.8) is 0 Å². The quantitative estimate of drug-likeness (QED) is 0.848. The summed E-state index contributed by atoms with van der Waals surface area (Å²) in [5.74, 6) is 0.871. The third-order valence-electron chi connectivity index (χ3n) is 5.57. The lowest BCUT2D eigenvalue weighted by atomic mass is 9.72. The Hall–Kier alpha value is -1.66. The van der Waals surface area contributed by atoms with Crippen LogP contribution < -0.4 is 5.73 Å². The normalized spacial score (nSPS) is 21.4. The van der Waals surface area contributed by atoms with E-state index in [0.717, 1.165) is 51.0 Å². The Morgan fingerprint density at radius 3 is 2.79 bits per heavy atom. The molecule has 1 amide bonds. The monoisotopic (exact) mass is 332 g/mol. The number of rotatable bonds is 5. The predicted octanol–water partition coefficient (Wildman–Crippen LogP) is 1.25. The molecule has 2 saturated heterocycles. The van der Waals surface area contributed by atoms with Crippen molar-refractivity contribution in [3.05, 3.63) is 23.9 Å². The van der Waals surface area contributed by atoms with Gasteiger partial charge in [0.25, 0.3) is 0 Å². The number of piperidine rings is 2. The fourth-order valence-corrected chi connectivity index (χ4v) is 3.99. The average molecular weight is 332 g/mol. The number of pyridine rings is 1. The maximum atomic E-state index is 12.1. The van der Waals surface area contributed by atoms with Crippen LogP contribution in [0.25, 0.3) is 0 Å². The molecule has 1 spiro atoms. The molecule has 1 aromatic rings. The molecule has 24 heavy (non-hydrogen) atoms. The SMILES string of the molecule is Nc1ncccc1CN1CCC2(CCC(=O)N(CCCO)C2)CC1. The molecule has 0 aromatic carbocycles. The fraction of sp³-hybridized carbons (Fsp3) is 0.667. The summed E-state index contributed by atoms with van der Waals surface area (Å²) >= 11 is 0. The first-order chi connectivity index (χ1) is 11.6. The molecule has 3 N–H and O–H groups in total. The number of aromatic nitrogens is 1. The summed E-state index contributed by atoms with van der Waals surface area (Å²) in [6.07, 6.45) is 6.30. The molecule has 132 valence electrons. The van der Waals surface area contributed by atoms with Crippen LogP contribution >= 0.6 is 0 Å². The van der Waals surface area contributed by atoms with Gasteiger partial charge < -0.3 is 15.7 Å². The van der Waals surface area contributed by atoms with Crippen LogP contribution in [0.2, 0.25) is 0 Å². The number of carbonyl (C=O) groups excluding carboxylic acids is 1. The largest absolute Gasteiger partial charge is 0.396 e. The number of nitrogens with zero attached hydrogens (tertiary/aromatic N) is 3. The van der Waals surface area contributed by atoms with Gasteiger partial charge in [-0.05, 0) is 50.3 Å². The van der Waals surface area contributed by atoms with Crippen LogP contribution in [0, 0.1) is 5.41 Å². The van der Waals surface area contributed by atoms with Gasteiger partial charge in [-0.25, -0.2) is 4.98 Å². The van der Waals surface area contributed by atoms with Crippen LogP contribution in [0.3, 0.4) is 0 Å². The maximum Gasteiger partial charge on any atom is 0.222 e. The van der Waals surface area contributed by atoms with E-state index >= 15 is 0 Å². The van der Waals surface area contributed by atoms with E-state index in [1.807, 2.05) is 17.0 Å². The van der Waals surface area contributed by atoms with E-state index in [0.29, 0.717) is 25.2 Å². The van der Waals surface area contributed by atoms with Crippen molar-refractivity contribution in [1.82, 2.24) is 14.8 Å². The van der Waals surface area contributed by atoms with Gasteiger partial charge in [-0.2, -0.15) is 0 Å². The van der Waals surface area contributed by atoms with Crippen molar-refractivity contribution in [1.29, 1.82) is 0 Å². The van der Waals surface area contributed by atoms with Crippen LogP contribution in [0.5, 0.6) is 0 Å². The Morgan fingerprint density at radius 1 is 1.29 bits per heavy atom. The van der Waals surface area contributed by atoms with E-state index in [4.69, 9.17) is 10.8 Å². The first kappa shape index (κ1) is 17.2. The number of amides is 1. The van der Waals surface area contributed by atoms with Crippen LogP contribution in [0.15, 0.2) is 18.3 Å². The van der Waals surface area contributed by atoms with Crippen LogP contribution in [0.4, 0.5) is 5.82 Å². The Bertz CT molecular complexity index is 570. The second-order valence-corrected chi connectivity index (χ2v) is 7.22. The number of carbonyl (C=O) groups is 1. The van der Waals surface area contributed by atoms with Crippen molar-refractivity contribution in [3.8, 4) is 0 Å². The zero-order valence-electron chi connectivity index (χ0n) is 14.3. The number of likely N-dealkylation sites (tertiary alicyclic amines) is 2. The molecular weight excluding hydrogens is 304 g/mol. The molecule has 2 aliphatic heterocycles. The highest BCUT2D eigenvalue weighted by atomic mass is 16.3. The first-order valence-corrected chi connectivity index (χ1v) is 8.92. The standard InChI is InChI=1S/C18H28N4O2/c19-17-15(3-1-8-20-17)13-21-10-6-18(7-11-21)5-4-16(24)22(14-18)9-2-12-23/h1,3,8,23H,2,4-7,9-14H2,(H2,19,20). The van der Waals surface area contributed by atoms with E-state index in [2.05, 4.69) is 9.88 Å². The molecular formula is C18H28N4O2. The van der Waals surface area contributed by atoms with Crippen LogP contribution in [-0.4, -0.2) is 58.6 Å². The number of nitrogen functional groups attached to an aromatic ring is 1. The molecule has 0 unspecified atom stereocenters. The van der Waals surface area contributed by atoms with Crippen molar-refractivity contribution in [2.75, 3.05) is 38.5 Å². The Kier molecular flexibility index (Phi) is 5.36. The van der Waals surface area contributed by atoms with Crippen molar-refractivity contribution in [2.24, 2.45) is 5.41 Å². The van der Waals surface area contributed by atoms with Gasteiger partial charge in [0.05, 0.1) is 0 Å². The summed E-state index contributed by atoms with van der Waals surface area (Å²) in [7, 11) is 0. The topological polar surface area (TPSA) is 82.7 Å². The second kappa shape index (κ2) is 7.49. The number of nitrogens with two attached hydrogens (primary N) is 1. The molecule has 2 aliphatic rings. The third-order valence-corrected chi connectivity index (χ3v) is 5.57. The Morgan fingerprint density at radius 2 is 2.08 bits per heavy atom. The number of hydrogen-bond donors (Lipinski definition) is 2. The van der Waals surface area contributed by atoms with E-state index in [9.17, 15) is 4.79 Å². The molecule has 1 aromatic heterocycles. The predicted molar refractivity (Wildman–Crippen MR) is 93.1 cm³/mol. The smallest absolute Gasteiger partial charge is 0.222 e. The lowest BCUT2D eigenvalue weighted by Gasteiger charge is -2.47. The van der Waals surface area contributed by atoms with E-state index in [1.165, 1.54) is 0 Å². The fourth-order valence-electron chi connectivity index (χ4n) is 3.99. The van der Waals surface area contributed by atoms with E-state index in [-0.39, 0.29) is 17.9 Å². The summed E-state index contributed by atoms with van der Waals surface area (Å²) in [6, 6.07) is 3.98. The van der Waals surface area contributed by atoms with Gasteiger partial charge in [-0.15, -0.1) is 0 Å². The summed E-state index contributed by atoms with van der Waals surface area (Å²) in [5, 5.41) is 9.02. The lowest BCUT2D eigenvalue weighted by Crippen LogP contribution is -2.51. The number of aliphatic hydroxyl groups excluding tert-OH is 1. The summed E-state index contributed by atoms with van der Waals surface area (Å²) in [5.41, 5.74) is 7.31. The molecule has 0 bridgehead atoms. The second-order valence-electron chi connectivity index (χ2n) is 7.22. The van der Waals surface area contributed by atoms with Gasteiger partial charge >= 0.3 is 0 Å². The molecule has 0 radical (unpaired) electrons. The molecule has 2 fully saturated rings. The molecule has 6 nitrogen and oxygen atoms in total. The zero-order chi connectivity index (χ0) is 17.0. The van der Waals surface area contributed by atoms with Gasteiger partial charge in [0.15, 0.2) is 0 Å². The van der Waals surface area contributed by atoms with Crippen molar-refractivity contribution >= 4 is 11.7 Å². The minimum Gasteiger partial charge on any atom is -0.396 e. The van der Waals surface area contributed by atoms with Crippen molar-refractivity contribution in [2.45, 2.75) is 38.6 Å². The lowest BCUT2D eigenvalue weighted by molar-refractivity contribution is -0.139. The zero-order valence-corrected chi connectivity index (χ0v) is 14.3. The summed E-state index contributed by atoms with van der Waals surface area (Å²) < 4.78 is 0. The summed E-state index contributed by atoms with van der Waals surface area (Å²) in [6.45, 7) is 4.62. The number of aliphatic hydroxyl groups is 1. The minimum absolute atomic E-state index is 0.150. The Labute approximate surface area is 143 Å². The first-order valence-electron chi connectivity index (χ1n) is 8.92. The van der Waals surface area contributed by atoms with Gasteiger partial charge in [0.1, 0.15) is 5.82 Å². The average Bonchev–Trinajstić information content (AvgIpc) is 2.60. The van der Waals surface area contributed by atoms with Gasteiger partial charge in [-0.3, -0.25) is 9.69 Å². The Balaban J connectivity index is 1.56. The van der Waals surface area contributed by atoms with Crippen LogP contribution in [-0.2, 0) is 11.3 Å². The maximum absolute atomic E-state index is 12.1. The van der Waals surface area contributed by atoms with Crippen molar-refractivity contribution < 1.29 is 9.90 Å². The van der Waals surface area contributed by atoms with Crippen LogP contribution in [0.1, 0.15) is 37.7 Å². The highest BCUT2D eigenvalue weighted by Gasteiger charge is 2.40. The number of anilines is 1. The van der Waals surface area contributed by atoms with E-state index < -0.39 is 0 Å². The molecule has 3 heterocycles. The van der Waals surface area contributed by atoms with Gasteiger partial charge in [0, 0.05) is 44.4 Å². The number of hydrogen-bond acceptors (Lipinski definition) is 5. The molecule has 0 aliphatic carbocycles. The van der Waals surface area contributed by atoms with E-state index in [1.54, 1.807) is 6.20 Å². The van der Waals surface area contributed by atoms with Gasteiger partial charge in [-0.1, -0.05) is 6.07 Å². The van der Waals surface area contributed by atoms with Gasteiger partial charge in [0.2, 0.25) is 5.91 Å². The molecule has 6 heteroatoms. The molecule has 3 rings (SSSR count). The third kappa shape index (κ3) is 3.87.